The summed E-state index contributed by atoms with van der Waals surface area (Å²) in [4.78, 5) is 0. The summed E-state index contributed by atoms with van der Waals surface area (Å²) in [5, 5.41) is 0. The minimum Gasteiger partial charge on any atom is -0.493 e. The molecule has 2 aliphatic rings. The third kappa shape index (κ3) is 22.0. The van der Waals surface area contributed by atoms with Gasteiger partial charge in [-0.15, -0.1) is 0 Å². The summed E-state index contributed by atoms with van der Waals surface area (Å²) in [6.07, 6.45) is 27.1. The van der Waals surface area contributed by atoms with Gasteiger partial charge in [0, 0.05) is 33.6 Å². The van der Waals surface area contributed by atoms with Crippen molar-refractivity contribution < 1.29 is 33.6 Å². The Morgan fingerprint density at radius 1 is 0.667 bits per heavy atom. The van der Waals surface area contributed by atoms with Crippen LogP contribution in [0.2, 0.25) is 0 Å². The van der Waals surface area contributed by atoms with Gasteiger partial charge in [-0.1, -0.05) is 12.2 Å². The predicted molar refractivity (Wildman–Crippen MR) is 70.7 cm³/mol. The van der Waals surface area contributed by atoms with Crippen LogP contribution in [-0.2, 0) is 33.6 Å². The number of allylic oxidation sites excluding steroid dienone is 2. The van der Waals surface area contributed by atoms with Crippen molar-refractivity contribution in [3.63, 3.8) is 0 Å². The Balaban J connectivity index is -0.000000178. The van der Waals surface area contributed by atoms with E-state index in [-0.39, 0.29) is 33.6 Å². The van der Waals surface area contributed by atoms with Crippen LogP contribution in [0.25, 0.3) is 0 Å². The van der Waals surface area contributed by atoms with Gasteiger partial charge >= 0.3 is 0 Å². The molecule has 2 saturated carbocycles. The summed E-state index contributed by atoms with van der Waals surface area (Å²) in [6, 6.07) is 0. The van der Waals surface area contributed by atoms with Crippen molar-refractivity contribution in [3.8, 4) is 0 Å². The SMILES string of the molecule is [CH-][CH][CH]/C=C\C.[CH]1[CH][CH][CH][CH]1.[CH]1[CH][CH][CH][CH]1.[Co].[Co]. The maximum Gasteiger partial charge on any atom is 0 e. The number of hydrogen-bond acceptors (Lipinski definition) is 0. The molecule has 0 saturated heterocycles. The summed E-state index contributed by atoms with van der Waals surface area (Å²) >= 11 is 0. The van der Waals surface area contributed by atoms with Crippen LogP contribution in [-0.4, -0.2) is 0 Å². The van der Waals surface area contributed by atoms with E-state index in [0.29, 0.717) is 0 Å². The second-order valence-corrected chi connectivity index (χ2v) is 2.84. The summed E-state index contributed by atoms with van der Waals surface area (Å²) in [5.74, 6) is 0. The fourth-order valence-corrected chi connectivity index (χ4v) is 0.817. The molecule has 15 radical (unpaired) electrons. The minimum atomic E-state index is 0. The first-order chi connectivity index (χ1) is 7.91. The maximum atomic E-state index is 4.98. The first-order valence-electron chi connectivity index (χ1n) is 5.24. The molecule has 0 spiro atoms. The summed E-state index contributed by atoms with van der Waals surface area (Å²) < 4.78 is 0. The van der Waals surface area contributed by atoms with Crippen LogP contribution >= 0.6 is 0 Å². The van der Waals surface area contributed by atoms with Crippen molar-refractivity contribution in [2.45, 2.75) is 6.92 Å². The molecule has 0 nitrogen and oxygen atoms in total. The fourth-order valence-electron chi connectivity index (χ4n) is 0.817. The van der Waals surface area contributed by atoms with Crippen LogP contribution in [0.4, 0.5) is 0 Å². The molecule has 18 heavy (non-hydrogen) atoms. The Hall–Kier alpha value is 0.753. The van der Waals surface area contributed by atoms with Crippen molar-refractivity contribution in [2.75, 3.05) is 0 Å². The topological polar surface area (TPSA) is 0 Å². The molecule has 0 atom stereocenters. The van der Waals surface area contributed by atoms with Gasteiger partial charge in [0.25, 0.3) is 0 Å². The van der Waals surface area contributed by atoms with Gasteiger partial charge in [0.2, 0.25) is 0 Å². The molecular weight excluding hydrogens is 310 g/mol. The second kappa shape index (κ2) is 22.9. The van der Waals surface area contributed by atoms with E-state index in [1.807, 2.05) is 83.3 Å². The molecule has 0 amide bonds. The normalized spacial score (nSPS) is 16.8. The molecule has 0 N–H and O–H groups in total. The molecule has 2 heteroatoms. The van der Waals surface area contributed by atoms with Crippen LogP contribution in [0.1, 0.15) is 6.92 Å². The van der Waals surface area contributed by atoms with E-state index in [9.17, 15) is 0 Å². The van der Waals surface area contributed by atoms with E-state index < -0.39 is 0 Å². The first kappa shape index (κ1) is 23.8. The minimum absolute atomic E-state index is 0. The van der Waals surface area contributed by atoms with E-state index in [0.717, 1.165) is 0 Å². The van der Waals surface area contributed by atoms with Gasteiger partial charge in [-0.2, -0.15) is 0 Å². The van der Waals surface area contributed by atoms with Crippen LogP contribution in [0.15, 0.2) is 12.2 Å². The van der Waals surface area contributed by atoms with E-state index in [2.05, 4.69) is 0 Å². The van der Waals surface area contributed by atoms with Crippen molar-refractivity contribution in [1.82, 2.24) is 0 Å². The monoisotopic (exact) mass is 328 g/mol. The van der Waals surface area contributed by atoms with Crippen LogP contribution in [0.3, 0.4) is 0 Å². The zero-order valence-corrected chi connectivity index (χ0v) is 12.4. The van der Waals surface area contributed by atoms with Gasteiger partial charge < -0.3 is 6.92 Å². The molecule has 2 aliphatic carbocycles. The summed E-state index contributed by atoms with van der Waals surface area (Å²) in [7, 11) is 0. The Bertz CT molecular complexity index is 111. The summed E-state index contributed by atoms with van der Waals surface area (Å²) in [5.41, 5.74) is 0. The smallest absolute Gasteiger partial charge is 0 e. The van der Waals surface area contributed by atoms with Gasteiger partial charge in [-0.25, -0.2) is 6.42 Å². The van der Waals surface area contributed by atoms with Gasteiger partial charge in [-0.3, -0.25) is 0 Å². The van der Waals surface area contributed by atoms with Crippen LogP contribution in [0.5, 0.6) is 0 Å². The Kier molecular flexibility index (Phi) is 30.3. The average molecular weight is 328 g/mol. The quantitative estimate of drug-likeness (QED) is 0.678. The Morgan fingerprint density at radius 2 is 0.944 bits per heavy atom. The standard InChI is InChI=1S/C6H8.2C5H5.2Co/c1-3-5-6-4-2;2*1-2-4-5-3-1;;/h1,3-6H,2H3;2*1-5H;;/q-1;;;;/b6-4-;;;;. The number of hydrogen-bond donors (Lipinski definition) is 0. The van der Waals surface area contributed by atoms with E-state index in [4.69, 9.17) is 6.92 Å². The van der Waals surface area contributed by atoms with Crippen LogP contribution in [0, 0.1) is 84.0 Å². The van der Waals surface area contributed by atoms with E-state index in [1.54, 1.807) is 6.42 Å². The first-order valence-corrected chi connectivity index (χ1v) is 5.24. The van der Waals surface area contributed by atoms with Gasteiger partial charge in [-0.05, 0) is 77.6 Å². The molecule has 0 unspecified atom stereocenters. The molecule has 0 aliphatic heterocycles. The Labute approximate surface area is 136 Å². The third-order valence-electron chi connectivity index (χ3n) is 1.53. The zero-order chi connectivity index (χ0) is 11.9. The van der Waals surface area contributed by atoms with Crippen molar-refractivity contribution in [3.05, 3.63) is 96.1 Å². The summed E-state index contributed by atoms with van der Waals surface area (Å²) in [6.45, 7) is 6.93. The largest absolute Gasteiger partial charge is 0.493 e. The maximum absolute atomic E-state index is 4.98. The van der Waals surface area contributed by atoms with Crippen molar-refractivity contribution in [1.29, 1.82) is 0 Å². The van der Waals surface area contributed by atoms with E-state index >= 15 is 0 Å². The van der Waals surface area contributed by atoms with Crippen molar-refractivity contribution >= 4 is 0 Å². The van der Waals surface area contributed by atoms with Gasteiger partial charge in [0.15, 0.2) is 0 Å². The van der Waals surface area contributed by atoms with Crippen molar-refractivity contribution in [2.24, 2.45) is 0 Å². The predicted octanol–water partition coefficient (Wildman–Crippen LogP) is 3.72. The Morgan fingerprint density at radius 3 is 1.06 bits per heavy atom. The molecular formula is C16H18Co2-. The molecule has 0 heterocycles. The number of unbranched alkanes of at least 4 members (excludes halogenated alkanes) is 1. The molecule has 2 rings (SSSR count). The van der Waals surface area contributed by atoms with Gasteiger partial charge in [0.1, 0.15) is 0 Å². The zero-order valence-electron chi connectivity index (χ0n) is 10.3. The molecule has 101 valence electrons. The van der Waals surface area contributed by atoms with E-state index in [1.165, 1.54) is 6.42 Å². The second-order valence-electron chi connectivity index (χ2n) is 2.84. The average Bonchev–Trinajstić information content (AvgIpc) is 3.00. The number of rotatable bonds is 2. The fraction of sp³-hybridized carbons (Fsp3) is 0.0625. The molecule has 0 aromatic rings. The molecule has 0 bridgehead atoms. The van der Waals surface area contributed by atoms with Crippen LogP contribution < -0.4 is 0 Å². The van der Waals surface area contributed by atoms with Gasteiger partial charge in [0.05, 0.1) is 0 Å². The third-order valence-corrected chi connectivity index (χ3v) is 1.53. The molecule has 0 aromatic carbocycles. The molecule has 2 fully saturated rings. The molecule has 0 aromatic heterocycles.